The van der Waals surface area contributed by atoms with Crippen molar-refractivity contribution in [3.8, 4) is 0 Å². The fourth-order valence-electron chi connectivity index (χ4n) is 2.01. The van der Waals surface area contributed by atoms with Gasteiger partial charge in [0.15, 0.2) is 0 Å². The number of aliphatic hydroxyl groups is 1. The summed E-state index contributed by atoms with van der Waals surface area (Å²) >= 11 is 5.72. The molecule has 1 aromatic rings. The summed E-state index contributed by atoms with van der Waals surface area (Å²) in [6.07, 6.45) is -0.987. The minimum atomic E-state index is -1.24. The summed E-state index contributed by atoms with van der Waals surface area (Å²) in [5.74, 6) is -1.24. The van der Waals surface area contributed by atoms with Gasteiger partial charge in [-0.2, -0.15) is 0 Å². The van der Waals surface area contributed by atoms with E-state index in [2.05, 4.69) is 0 Å². The molecule has 4 nitrogen and oxygen atoms in total. The van der Waals surface area contributed by atoms with E-state index in [9.17, 15) is 9.90 Å². The molecule has 0 saturated carbocycles. The van der Waals surface area contributed by atoms with E-state index in [4.69, 9.17) is 16.7 Å². The maximum atomic E-state index is 10.9. The Morgan fingerprint density at radius 3 is 2.71 bits per heavy atom. The molecule has 0 aliphatic carbocycles. The first-order valence-electron chi connectivity index (χ1n) is 5.08. The number of aryl methyl sites for hydroxylation is 1. The number of anilines is 1. The van der Waals surface area contributed by atoms with Crippen LogP contribution in [0, 0.1) is 6.92 Å². The number of aliphatic hydroxyl groups excluding tert-OH is 1. The summed E-state index contributed by atoms with van der Waals surface area (Å²) in [5.41, 5.74) is 2.70. The number of nitrogens with zero attached hydrogens (tertiary/aromatic N) is 1. The Morgan fingerprint density at radius 1 is 1.47 bits per heavy atom. The molecule has 0 bridgehead atoms. The van der Waals surface area contributed by atoms with Crippen LogP contribution in [-0.4, -0.2) is 23.2 Å². The number of carboxylic acids is 1. The lowest BCUT2D eigenvalue weighted by atomic mass is 10.1. The van der Waals surface area contributed by atoms with Gasteiger partial charge in [-0.15, -0.1) is 0 Å². The average Bonchev–Trinajstić information content (AvgIpc) is 2.50. The third-order valence-electron chi connectivity index (χ3n) is 2.87. The molecule has 2 N–H and O–H groups in total. The molecule has 1 aliphatic heterocycles. The van der Waals surface area contributed by atoms with Crippen molar-refractivity contribution in [2.75, 3.05) is 11.9 Å². The van der Waals surface area contributed by atoms with E-state index in [1.165, 1.54) is 0 Å². The summed E-state index contributed by atoms with van der Waals surface area (Å²) in [6, 6.07) is 5.54. The number of halogens is 1. The lowest BCUT2D eigenvalue weighted by molar-refractivity contribution is -0.132. The monoisotopic (exact) mass is 253 g/mol. The van der Waals surface area contributed by atoms with E-state index in [0.717, 1.165) is 11.3 Å². The molecule has 1 aliphatic rings. The van der Waals surface area contributed by atoms with Crippen molar-refractivity contribution < 1.29 is 15.0 Å². The van der Waals surface area contributed by atoms with Crippen molar-refractivity contribution in [2.45, 2.75) is 13.0 Å². The highest BCUT2D eigenvalue weighted by Crippen LogP contribution is 2.43. The number of carboxylic acid groups (broad SMARTS) is 1. The molecular formula is C12H12ClNO3. The topological polar surface area (TPSA) is 60.8 Å². The Hall–Kier alpha value is -1.52. The summed E-state index contributed by atoms with van der Waals surface area (Å²) in [6.45, 7) is 1.93. The molecule has 1 heterocycles. The Morgan fingerprint density at radius 2 is 2.12 bits per heavy atom. The van der Waals surface area contributed by atoms with Crippen molar-refractivity contribution in [1.29, 1.82) is 0 Å². The van der Waals surface area contributed by atoms with Crippen molar-refractivity contribution in [2.24, 2.45) is 0 Å². The molecule has 0 amide bonds. The highest BCUT2D eigenvalue weighted by Gasteiger charge is 2.34. The van der Waals surface area contributed by atoms with Gasteiger partial charge in [-0.1, -0.05) is 23.7 Å². The second kappa shape index (κ2) is 4.05. The van der Waals surface area contributed by atoms with Crippen LogP contribution < -0.4 is 4.90 Å². The molecule has 1 atom stereocenters. The largest absolute Gasteiger partial charge is 0.477 e. The molecule has 1 unspecified atom stereocenters. The third-order valence-corrected chi connectivity index (χ3v) is 3.23. The van der Waals surface area contributed by atoms with E-state index >= 15 is 0 Å². The average molecular weight is 254 g/mol. The molecule has 1 aromatic carbocycles. The van der Waals surface area contributed by atoms with Crippen molar-refractivity contribution in [3.63, 3.8) is 0 Å². The van der Waals surface area contributed by atoms with Crippen LogP contribution in [0.4, 0.5) is 5.69 Å². The summed E-state index contributed by atoms with van der Waals surface area (Å²) < 4.78 is 0. The van der Waals surface area contributed by atoms with Crippen LogP contribution in [0.3, 0.4) is 0 Å². The molecule has 0 saturated heterocycles. The maximum Gasteiger partial charge on any atom is 0.349 e. The fourth-order valence-corrected chi connectivity index (χ4v) is 2.24. The summed E-state index contributed by atoms with van der Waals surface area (Å²) in [4.78, 5) is 12.5. The van der Waals surface area contributed by atoms with Crippen LogP contribution in [0.1, 0.15) is 17.2 Å². The minimum Gasteiger partial charge on any atom is -0.477 e. The van der Waals surface area contributed by atoms with Crippen LogP contribution in [0.5, 0.6) is 0 Å². The molecule has 5 heteroatoms. The highest BCUT2D eigenvalue weighted by atomic mass is 35.5. The van der Waals surface area contributed by atoms with Crippen LogP contribution in [0.15, 0.2) is 28.9 Å². The fraction of sp³-hybridized carbons (Fsp3) is 0.250. The van der Waals surface area contributed by atoms with Gasteiger partial charge in [0.25, 0.3) is 0 Å². The summed E-state index contributed by atoms with van der Waals surface area (Å²) in [5, 5.41) is 18.6. The van der Waals surface area contributed by atoms with Gasteiger partial charge in [0.05, 0.1) is 5.70 Å². The molecule has 0 fully saturated rings. The minimum absolute atomic E-state index is 0.208. The highest BCUT2D eigenvalue weighted by molar-refractivity contribution is 6.41. The first-order valence-corrected chi connectivity index (χ1v) is 5.46. The SMILES string of the molecule is Cc1ccc2c(c1)N(C)C(=C(Cl)C(=O)O)C2O. The number of carbonyl (C=O) groups is 1. The van der Waals surface area contributed by atoms with Gasteiger partial charge in [-0.25, -0.2) is 4.79 Å². The molecule has 90 valence electrons. The van der Waals surface area contributed by atoms with E-state index in [1.54, 1.807) is 18.0 Å². The van der Waals surface area contributed by atoms with Gasteiger partial charge in [0.1, 0.15) is 11.1 Å². The van der Waals surface area contributed by atoms with E-state index in [1.807, 2.05) is 19.1 Å². The molecule has 0 spiro atoms. The Bertz CT molecular complexity index is 524. The lowest BCUT2D eigenvalue weighted by Crippen LogP contribution is -2.17. The lowest BCUT2D eigenvalue weighted by Gasteiger charge is -2.16. The van der Waals surface area contributed by atoms with Gasteiger partial charge in [-0.05, 0) is 18.6 Å². The van der Waals surface area contributed by atoms with Crippen molar-refractivity contribution in [1.82, 2.24) is 0 Å². The molecule has 2 rings (SSSR count). The number of aliphatic carboxylic acids is 1. The normalized spacial score (nSPS) is 21.4. The molecule has 17 heavy (non-hydrogen) atoms. The number of likely N-dealkylation sites (N-methyl/N-ethyl adjacent to an activating group) is 1. The number of fused-ring (bicyclic) bond motifs is 1. The van der Waals surface area contributed by atoms with E-state index in [0.29, 0.717) is 5.56 Å². The van der Waals surface area contributed by atoms with Crippen LogP contribution in [-0.2, 0) is 4.79 Å². The number of rotatable bonds is 1. The van der Waals surface area contributed by atoms with Gasteiger partial charge in [-0.3, -0.25) is 0 Å². The molecular weight excluding hydrogens is 242 g/mol. The predicted octanol–water partition coefficient (Wildman–Crippen LogP) is 2.01. The Labute approximate surface area is 104 Å². The zero-order valence-electron chi connectivity index (χ0n) is 9.44. The quantitative estimate of drug-likeness (QED) is 0.752. The van der Waals surface area contributed by atoms with Gasteiger partial charge < -0.3 is 15.1 Å². The van der Waals surface area contributed by atoms with Gasteiger partial charge >= 0.3 is 5.97 Å². The molecule has 0 aromatic heterocycles. The zero-order chi connectivity index (χ0) is 12.7. The number of hydrogen-bond acceptors (Lipinski definition) is 3. The maximum absolute atomic E-state index is 10.9. The van der Waals surface area contributed by atoms with Crippen LogP contribution in [0.2, 0.25) is 0 Å². The van der Waals surface area contributed by atoms with E-state index < -0.39 is 12.1 Å². The van der Waals surface area contributed by atoms with Crippen molar-refractivity contribution >= 4 is 23.3 Å². The van der Waals surface area contributed by atoms with Crippen LogP contribution in [0.25, 0.3) is 0 Å². The standard InChI is InChI=1S/C12H12ClNO3/c1-6-3-4-7-8(5-6)14(2)10(11(7)15)9(13)12(16)17/h3-5,11,15H,1-2H3,(H,16,17). The van der Waals surface area contributed by atoms with Gasteiger partial charge in [0, 0.05) is 18.3 Å². The Balaban J connectivity index is 2.60. The number of hydrogen-bond donors (Lipinski definition) is 2. The smallest absolute Gasteiger partial charge is 0.349 e. The van der Waals surface area contributed by atoms with Crippen LogP contribution >= 0.6 is 11.6 Å². The third kappa shape index (κ3) is 1.79. The first kappa shape index (κ1) is 12.0. The predicted molar refractivity (Wildman–Crippen MR) is 65.1 cm³/mol. The Kier molecular flexibility index (Phi) is 2.85. The summed E-state index contributed by atoms with van der Waals surface area (Å²) in [7, 11) is 1.69. The zero-order valence-corrected chi connectivity index (χ0v) is 10.2. The second-order valence-corrected chi connectivity index (χ2v) is 4.41. The first-order chi connectivity index (χ1) is 7.93. The van der Waals surface area contributed by atoms with Crippen molar-refractivity contribution in [3.05, 3.63) is 40.1 Å². The number of benzene rings is 1. The van der Waals surface area contributed by atoms with E-state index in [-0.39, 0.29) is 10.7 Å². The van der Waals surface area contributed by atoms with Gasteiger partial charge in [0.2, 0.25) is 0 Å². The molecule has 0 radical (unpaired) electrons. The second-order valence-electron chi connectivity index (χ2n) is 4.03.